The monoisotopic (exact) mass is 598 g/mol. The van der Waals surface area contributed by atoms with Gasteiger partial charge in [0.2, 0.25) is 0 Å². The molecule has 3 aromatic rings. The molecule has 0 atom stereocenters. The number of amides is 1. The fraction of sp³-hybridized carbons (Fsp3) is 0.167. The third-order valence-electron chi connectivity index (χ3n) is 4.45. The van der Waals surface area contributed by atoms with E-state index in [0.29, 0.717) is 39.5 Å². The summed E-state index contributed by atoms with van der Waals surface area (Å²) < 4.78 is 17.7. The first-order chi connectivity index (χ1) is 15.9. The first-order valence-electron chi connectivity index (χ1n) is 9.91. The van der Waals surface area contributed by atoms with Gasteiger partial charge in [-0.1, -0.05) is 29.3 Å². The Bertz CT molecular complexity index is 1150. The summed E-state index contributed by atoms with van der Waals surface area (Å²) in [6, 6.07) is 15.7. The summed E-state index contributed by atoms with van der Waals surface area (Å²) in [5.74, 6) is 1.52. The summed E-state index contributed by atoms with van der Waals surface area (Å²) in [5, 5.41) is 5.16. The molecule has 1 amide bonds. The van der Waals surface area contributed by atoms with Crippen molar-refractivity contribution >= 4 is 57.9 Å². The van der Waals surface area contributed by atoms with Crippen LogP contribution in [0.4, 0.5) is 0 Å². The fourth-order valence-corrected chi connectivity index (χ4v) is 4.07. The van der Waals surface area contributed by atoms with Gasteiger partial charge in [0.1, 0.15) is 12.4 Å². The van der Waals surface area contributed by atoms with Crippen LogP contribution in [0.25, 0.3) is 0 Å². The highest BCUT2D eigenvalue weighted by molar-refractivity contribution is 14.1. The van der Waals surface area contributed by atoms with Gasteiger partial charge in [-0.2, -0.15) is 5.10 Å². The molecule has 0 spiro atoms. The maximum absolute atomic E-state index is 12.3. The Labute approximate surface area is 216 Å². The van der Waals surface area contributed by atoms with E-state index < -0.39 is 0 Å². The number of carbonyl (C=O) groups excluding carboxylic acids is 1. The smallest absolute Gasteiger partial charge is 0.271 e. The average Bonchev–Trinajstić information content (AvgIpc) is 2.80. The van der Waals surface area contributed by atoms with Crippen molar-refractivity contribution in [3.05, 3.63) is 84.9 Å². The van der Waals surface area contributed by atoms with Crippen molar-refractivity contribution in [1.29, 1.82) is 0 Å². The Morgan fingerprint density at radius 3 is 2.52 bits per heavy atom. The summed E-state index contributed by atoms with van der Waals surface area (Å²) in [4.78, 5) is 12.3. The summed E-state index contributed by atoms with van der Waals surface area (Å²) in [5.41, 5.74) is 4.55. The van der Waals surface area contributed by atoms with Gasteiger partial charge in [-0.25, -0.2) is 5.43 Å². The van der Waals surface area contributed by atoms with Crippen molar-refractivity contribution in [2.45, 2.75) is 13.5 Å². The van der Waals surface area contributed by atoms with E-state index >= 15 is 0 Å². The van der Waals surface area contributed by atoms with Gasteiger partial charge in [-0.15, -0.1) is 0 Å². The minimum Gasteiger partial charge on any atom is -0.497 e. The Morgan fingerprint density at radius 1 is 1.09 bits per heavy atom. The quantitative estimate of drug-likeness (QED) is 0.177. The molecular weight excluding hydrogens is 578 g/mol. The van der Waals surface area contributed by atoms with Crippen LogP contribution in [0.15, 0.2) is 59.7 Å². The highest BCUT2D eigenvalue weighted by atomic mass is 127. The number of hydrazone groups is 1. The molecule has 0 bridgehead atoms. The van der Waals surface area contributed by atoms with E-state index in [2.05, 4.69) is 33.1 Å². The first kappa shape index (κ1) is 25.1. The van der Waals surface area contributed by atoms with E-state index in [0.717, 1.165) is 14.7 Å². The van der Waals surface area contributed by atoms with Crippen molar-refractivity contribution < 1.29 is 19.0 Å². The van der Waals surface area contributed by atoms with E-state index in [-0.39, 0.29) is 12.5 Å². The average molecular weight is 599 g/mol. The molecule has 0 aliphatic heterocycles. The number of nitrogens with zero attached hydrogens (tertiary/aromatic N) is 1. The highest BCUT2D eigenvalue weighted by Gasteiger charge is 2.13. The molecule has 6 nitrogen and oxygen atoms in total. The number of ether oxygens (including phenoxy) is 3. The van der Waals surface area contributed by atoms with Crippen LogP contribution in [0.5, 0.6) is 17.2 Å². The van der Waals surface area contributed by atoms with E-state index in [1.165, 1.54) is 0 Å². The second-order valence-electron chi connectivity index (χ2n) is 6.72. The second kappa shape index (κ2) is 12.1. The van der Waals surface area contributed by atoms with Gasteiger partial charge in [-0.3, -0.25) is 4.79 Å². The minimum absolute atomic E-state index is 0.261. The van der Waals surface area contributed by atoms with E-state index in [4.69, 9.17) is 37.4 Å². The molecule has 33 heavy (non-hydrogen) atoms. The zero-order valence-corrected chi connectivity index (χ0v) is 21.6. The van der Waals surface area contributed by atoms with Crippen LogP contribution in [0, 0.1) is 3.57 Å². The Hall–Kier alpha value is -2.49. The van der Waals surface area contributed by atoms with Crippen LogP contribution in [-0.2, 0) is 6.61 Å². The lowest BCUT2D eigenvalue weighted by Gasteiger charge is -2.15. The molecule has 0 aromatic heterocycles. The molecule has 0 radical (unpaired) electrons. The van der Waals surface area contributed by atoms with Crippen molar-refractivity contribution in [2.75, 3.05) is 13.7 Å². The number of halogens is 3. The SMILES string of the molecule is CCOc1cc(/C=N\NC(=O)c2ccc(OC)cc2)cc(I)c1OCc1ccc(Cl)cc1Cl. The van der Waals surface area contributed by atoms with Crippen molar-refractivity contribution in [3.63, 3.8) is 0 Å². The third-order valence-corrected chi connectivity index (χ3v) is 5.84. The molecule has 1 N–H and O–H groups in total. The number of rotatable bonds is 9. The Morgan fingerprint density at radius 2 is 1.85 bits per heavy atom. The van der Waals surface area contributed by atoms with E-state index in [1.54, 1.807) is 55.8 Å². The number of hydrogen-bond acceptors (Lipinski definition) is 5. The first-order valence-corrected chi connectivity index (χ1v) is 11.7. The molecule has 172 valence electrons. The normalized spacial score (nSPS) is 10.8. The lowest BCUT2D eigenvalue weighted by Crippen LogP contribution is -2.17. The molecule has 3 aromatic carbocycles. The second-order valence-corrected chi connectivity index (χ2v) is 8.72. The molecule has 0 unspecified atom stereocenters. The van der Waals surface area contributed by atoms with Crippen LogP contribution >= 0.6 is 45.8 Å². The Balaban J connectivity index is 1.71. The summed E-state index contributed by atoms with van der Waals surface area (Å²) in [6.07, 6.45) is 1.55. The van der Waals surface area contributed by atoms with Crippen LogP contribution in [0.2, 0.25) is 10.0 Å². The van der Waals surface area contributed by atoms with Crippen molar-refractivity contribution in [2.24, 2.45) is 5.10 Å². The molecule has 0 heterocycles. The number of methoxy groups -OCH3 is 1. The van der Waals surface area contributed by atoms with Crippen LogP contribution < -0.4 is 19.6 Å². The van der Waals surface area contributed by atoms with E-state index in [1.807, 2.05) is 19.1 Å². The van der Waals surface area contributed by atoms with Gasteiger partial charge in [0.05, 0.1) is 23.5 Å². The van der Waals surface area contributed by atoms with E-state index in [9.17, 15) is 4.79 Å². The molecule has 0 fully saturated rings. The van der Waals surface area contributed by atoms with Gasteiger partial charge < -0.3 is 14.2 Å². The van der Waals surface area contributed by atoms with Gasteiger partial charge >= 0.3 is 0 Å². The zero-order valence-electron chi connectivity index (χ0n) is 17.9. The molecular formula is C24H21Cl2IN2O4. The number of hydrogen-bond donors (Lipinski definition) is 1. The number of carbonyl (C=O) groups is 1. The number of nitrogens with one attached hydrogen (secondary N) is 1. The molecule has 0 aliphatic carbocycles. The summed E-state index contributed by atoms with van der Waals surface area (Å²) >= 11 is 14.4. The van der Waals surface area contributed by atoms with Crippen molar-refractivity contribution in [3.8, 4) is 17.2 Å². The van der Waals surface area contributed by atoms with Gasteiger partial charge in [-0.05, 0) is 83.6 Å². The highest BCUT2D eigenvalue weighted by Crippen LogP contribution is 2.35. The molecule has 0 aliphatic rings. The maximum Gasteiger partial charge on any atom is 0.271 e. The summed E-state index contributed by atoms with van der Waals surface area (Å²) in [6.45, 7) is 2.61. The predicted molar refractivity (Wildman–Crippen MR) is 139 cm³/mol. The largest absolute Gasteiger partial charge is 0.497 e. The topological polar surface area (TPSA) is 69.2 Å². The van der Waals surface area contributed by atoms with Gasteiger partial charge in [0, 0.05) is 21.2 Å². The van der Waals surface area contributed by atoms with Crippen molar-refractivity contribution in [1.82, 2.24) is 5.43 Å². The van der Waals surface area contributed by atoms with Gasteiger partial charge in [0.15, 0.2) is 11.5 Å². The van der Waals surface area contributed by atoms with Crippen LogP contribution in [0.1, 0.15) is 28.4 Å². The Kier molecular flexibility index (Phi) is 9.22. The zero-order chi connectivity index (χ0) is 23.8. The molecule has 0 saturated carbocycles. The molecule has 3 rings (SSSR count). The fourth-order valence-electron chi connectivity index (χ4n) is 2.83. The molecule has 9 heteroatoms. The predicted octanol–water partition coefficient (Wildman–Crippen LogP) is 6.35. The maximum atomic E-state index is 12.3. The molecule has 0 saturated heterocycles. The standard InChI is InChI=1S/C24H21Cl2IN2O4/c1-3-32-22-11-15(13-28-29-24(30)16-5-8-19(31-2)9-6-16)10-21(27)23(22)33-14-17-4-7-18(25)12-20(17)26/h4-13H,3,14H2,1-2H3,(H,29,30)/b28-13-. The lowest BCUT2D eigenvalue weighted by molar-refractivity contribution is 0.0955. The summed E-state index contributed by atoms with van der Waals surface area (Å²) in [7, 11) is 1.57. The third kappa shape index (κ3) is 6.99. The lowest BCUT2D eigenvalue weighted by atomic mass is 10.2. The minimum atomic E-state index is -0.326. The number of benzene rings is 3. The van der Waals surface area contributed by atoms with Crippen LogP contribution in [0.3, 0.4) is 0 Å². The van der Waals surface area contributed by atoms with Crippen LogP contribution in [-0.4, -0.2) is 25.8 Å². The van der Waals surface area contributed by atoms with Gasteiger partial charge in [0.25, 0.3) is 5.91 Å².